The topological polar surface area (TPSA) is 54.0 Å². The summed E-state index contributed by atoms with van der Waals surface area (Å²) in [7, 11) is 0. The average molecular weight is 289 g/mol. The molecule has 2 N–H and O–H groups in total. The number of hydrogen-bond acceptors (Lipinski definition) is 4. The summed E-state index contributed by atoms with van der Waals surface area (Å²) in [6.45, 7) is 5.03. The van der Waals surface area contributed by atoms with E-state index in [1.807, 2.05) is 49.6 Å². The first-order valence-electron chi connectivity index (χ1n) is 6.71. The number of likely N-dealkylation sites (N-methyl/N-ethyl adjacent to an activating group) is 1. The van der Waals surface area contributed by atoms with Crippen molar-refractivity contribution in [3.8, 4) is 11.3 Å². The lowest BCUT2D eigenvalue weighted by atomic mass is 10.2. The maximum Gasteiger partial charge on any atom is 0.236 e. The molecule has 0 aliphatic carbocycles. The summed E-state index contributed by atoms with van der Waals surface area (Å²) in [5.41, 5.74) is 2.10. The zero-order valence-corrected chi connectivity index (χ0v) is 12.5. The molecular weight excluding hydrogens is 270 g/mol. The molecule has 106 valence electrons. The van der Waals surface area contributed by atoms with Gasteiger partial charge >= 0.3 is 0 Å². The lowest BCUT2D eigenvalue weighted by molar-refractivity contribution is -0.122. The van der Waals surface area contributed by atoms with Gasteiger partial charge in [0.05, 0.1) is 11.7 Å². The number of nitrogens with one attached hydrogen (secondary N) is 2. The molecule has 4 nitrogen and oxygen atoms in total. The first kappa shape index (κ1) is 14.7. The predicted octanol–water partition coefficient (Wildman–Crippen LogP) is 2.42. The zero-order valence-electron chi connectivity index (χ0n) is 11.7. The molecule has 1 amide bonds. The van der Waals surface area contributed by atoms with E-state index >= 15 is 0 Å². The molecule has 0 saturated heterocycles. The first-order chi connectivity index (χ1) is 9.70. The molecule has 20 heavy (non-hydrogen) atoms. The molecule has 1 heterocycles. The van der Waals surface area contributed by atoms with Gasteiger partial charge in [-0.3, -0.25) is 10.1 Å². The Morgan fingerprint density at radius 2 is 2.10 bits per heavy atom. The van der Waals surface area contributed by atoms with Gasteiger partial charge in [-0.2, -0.15) is 0 Å². The summed E-state index contributed by atoms with van der Waals surface area (Å²) in [6, 6.07) is 9.88. The number of rotatable bonds is 6. The Morgan fingerprint density at radius 3 is 2.80 bits per heavy atom. The van der Waals surface area contributed by atoms with Crippen molar-refractivity contribution < 1.29 is 4.79 Å². The SMILES string of the molecule is CCNC(=O)C(C)NCc1nc(-c2ccccc2)cs1. The number of amides is 1. The largest absolute Gasteiger partial charge is 0.355 e. The smallest absolute Gasteiger partial charge is 0.236 e. The lowest BCUT2D eigenvalue weighted by Crippen LogP contribution is -2.41. The molecule has 0 aliphatic rings. The summed E-state index contributed by atoms with van der Waals surface area (Å²) in [4.78, 5) is 16.2. The number of carbonyl (C=O) groups excluding carboxylic acids is 1. The van der Waals surface area contributed by atoms with Crippen molar-refractivity contribution in [1.29, 1.82) is 0 Å². The fraction of sp³-hybridized carbons (Fsp3) is 0.333. The molecule has 0 aliphatic heterocycles. The van der Waals surface area contributed by atoms with E-state index in [9.17, 15) is 4.79 Å². The lowest BCUT2D eigenvalue weighted by Gasteiger charge is -2.11. The number of hydrogen-bond donors (Lipinski definition) is 2. The number of thiazole rings is 1. The molecule has 0 bridgehead atoms. The Hall–Kier alpha value is -1.72. The molecule has 0 saturated carbocycles. The van der Waals surface area contributed by atoms with Crippen LogP contribution in [0.1, 0.15) is 18.9 Å². The van der Waals surface area contributed by atoms with Crippen LogP contribution in [0.2, 0.25) is 0 Å². The molecule has 0 radical (unpaired) electrons. The summed E-state index contributed by atoms with van der Waals surface area (Å²) < 4.78 is 0. The van der Waals surface area contributed by atoms with Gasteiger partial charge < -0.3 is 5.32 Å². The highest BCUT2D eigenvalue weighted by Gasteiger charge is 2.12. The summed E-state index contributed by atoms with van der Waals surface area (Å²) in [6.07, 6.45) is 0. The van der Waals surface area contributed by atoms with Gasteiger partial charge in [-0.1, -0.05) is 30.3 Å². The van der Waals surface area contributed by atoms with E-state index in [4.69, 9.17) is 0 Å². The van der Waals surface area contributed by atoms with Crippen LogP contribution in [0.5, 0.6) is 0 Å². The highest BCUT2D eigenvalue weighted by atomic mass is 32.1. The number of carbonyl (C=O) groups is 1. The Morgan fingerprint density at radius 1 is 1.35 bits per heavy atom. The Balaban J connectivity index is 1.92. The van der Waals surface area contributed by atoms with Gasteiger partial charge in [0.1, 0.15) is 5.01 Å². The van der Waals surface area contributed by atoms with Crippen LogP contribution in [-0.2, 0) is 11.3 Å². The average Bonchev–Trinajstić information content (AvgIpc) is 2.95. The van der Waals surface area contributed by atoms with Crippen molar-refractivity contribution in [2.45, 2.75) is 26.4 Å². The van der Waals surface area contributed by atoms with Crippen molar-refractivity contribution in [3.63, 3.8) is 0 Å². The predicted molar refractivity (Wildman–Crippen MR) is 82.5 cm³/mol. The Labute approximate surface area is 123 Å². The van der Waals surface area contributed by atoms with Gasteiger partial charge in [0, 0.05) is 24.0 Å². The highest BCUT2D eigenvalue weighted by molar-refractivity contribution is 7.09. The molecule has 5 heteroatoms. The van der Waals surface area contributed by atoms with Crippen LogP contribution in [0.3, 0.4) is 0 Å². The summed E-state index contributed by atoms with van der Waals surface area (Å²) in [5, 5.41) is 9.01. The standard InChI is InChI=1S/C15H19N3OS/c1-3-16-15(19)11(2)17-9-14-18-13(10-20-14)12-7-5-4-6-8-12/h4-8,10-11,17H,3,9H2,1-2H3,(H,16,19). The Kier molecular flexibility index (Phi) is 5.26. The maximum atomic E-state index is 11.6. The molecule has 0 spiro atoms. The zero-order chi connectivity index (χ0) is 14.4. The summed E-state index contributed by atoms with van der Waals surface area (Å²) in [5.74, 6) is 0.0207. The van der Waals surface area contributed by atoms with Crippen LogP contribution >= 0.6 is 11.3 Å². The van der Waals surface area contributed by atoms with E-state index in [1.165, 1.54) is 0 Å². The van der Waals surface area contributed by atoms with Crippen molar-refractivity contribution in [2.24, 2.45) is 0 Å². The van der Waals surface area contributed by atoms with E-state index in [-0.39, 0.29) is 11.9 Å². The molecule has 1 aromatic carbocycles. The highest BCUT2D eigenvalue weighted by Crippen LogP contribution is 2.21. The van der Waals surface area contributed by atoms with Crippen LogP contribution in [0, 0.1) is 0 Å². The van der Waals surface area contributed by atoms with Gasteiger partial charge in [0.2, 0.25) is 5.91 Å². The van der Waals surface area contributed by atoms with Crippen LogP contribution in [0.25, 0.3) is 11.3 Å². The second-order valence-electron chi connectivity index (χ2n) is 4.49. The minimum absolute atomic E-state index is 0.0207. The third-order valence-corrected chi connectivity index (χ3v) is 3.77. The van der Waals surface area contributed by atoms with Crippen LogP contribution in [-0.4, -0.2) is 23.5 Å². The van der Waals surface area contributed by atoms with E-state index in [1.54, 1.807) is 11.3 Å². The molecular formula is C15H19N3OS. The van der Waals surface area contributed by atoms with Crippen molar-refractivity contribution in [1.82, 2.24) is 15.6 Å². The van der Waals surface area contributed by atoms with Gasteiger partial charge in [0.15, 0.2) is 0 Å². The number of nitrogens with zero attached hydrogens (tertiary/aromatic N) is 1. The van der Waals surface area contributed by atoms with Crippen molar-refractivity contribution >= 4 is 17.2 Å². The van der Waals surface area contributed by atoms with Crippen molar-refractivity contribution in [3.05, 3.63) is 40.7 Å². The fourth-order valence-electron chi connectivity index (χ4n) is 1.79. The normalized spacial score (nSPS) is 12.1. The molecule has 1 unspecified atom stereocenters. The monoisotopic (exact) mass is 289 g/mol. The molecule has 2 rings (SSSR count). The third kappa shape index (κ3) is 3.88. The number of benzene rings is 1. The summed E-state index contributed by atoms with van der Waals surface area (Å²) >= 11 is 1.61. The third-order valence-electron chi connectivity index (χ3n) is 2.93. The molecule has 0 fully saturated rings. The number of aromatic nitrogens is 1. The van der Waals surface area contributed by atoms with Crippen LogP contribution < -0.4 is 10.6 Å². The second kappa shape index (κ2) is 7.17. The van der Waals surface area contributed by atoms with Crippen LogP contribution in [0.4, 0.5) is 0 Å². The molecule has 1 atom stereocenters. The fourth-order valence-corrected chi connectivity index (χ4v) is 2.55. The maximum absolute atomic E-state index is 11.6. The van der Waals surface area contributed by atoms with E-state index in [2.05, 4.69) is 15.6 Å². The van der Waals surface area contributed by atoms with E-state index in [0.29, 0.717) is 13.1 Å². The van der Waals surface area contributed by atoms with Crippen molar-refractivity contribution in [2.75, 3.05) is 6.54 Å². The van der Waals surface area contributed by atoms with E-state index < -0.39 is 0 Å². The van der Waals surface area contributed by atoms with Gasteiger partial charge in [0.25, 0.3) is 0 Å². The molecule has 2 aromatic rings. The minimum atomic E-state index is -0.209. The van der Waals surface area contributed by atoms with Gasteiger partial charge in [-0.25, -0.2) is 4.98 Å². The van der Waals surface area contributed by atoms with Crippen LogP contribution in [0.15, 0.2) is 35.7 Å². The van der Waals surface area contributed by atoms with E-state index in [0.717, 1.165) is 16.3 Å². The quantitative estimate of drug-likeness (QED) is 0.858. The second-order valence-corrected chi connectivity index (χ2v) is 5.43. The molecule has 1 aromatic heterocycles. The first-order valence-corrected chi connectivity index (χ1v) is 7.59. The Bertz CT molecular complexity index is 553. The van der Waals surface area contributed by atoms with Gasteiger partial charge in [-0.05, 0) is 13.8 Å². The minimum Gasteiger partial charge on any atom is -0.355 e. The van der Waals surface area contributed by atoms with Gasteiger partial charge in [-0.15, -0.1) is 11.3 Å².